The van der Waals surface area contributed by atoms with Gasteiger partial charge in [-0.2, -0.15) is 0 Å². The van der Waals surface area contributed by atoms with Crippen LogP contribution in [0.5, 0.6) is 0 Å². The number of hydrogen-bond acceptors (Lipinski definition) is 3. The van der Waals surface area contributed by atoms with E-state index in [1.165, 1.54) is 18.3 Å². The zero-order chi connectivity index (χ0) is 12.4. The van der Waals surface area contributed by atoms with E-state index in [-0.39, 0.29) is 11.3 Å². The van der Waals surface area contributed by atoms with Gasteiger partial charge in [-0.3, -0.25) is 4.79 Å². The second kappa shape index (κ2) is 4.51. The molecule has 17 heavy (non-hydrogen) atoms. The maximum Gasteiger partial charge on any atom is 0.335 e. The van der Waals surface area contributed by atoms with Crippen LogP contribution in [0.25, 0.3) is 10.4 Å². The van der Waals surface area contributed by atoms with E-state index < -0.39 is 5.97 Å². The summed E-state index contributed by atoms with van der Waals surface area (Å²) in [4.78, 5) is 23.5. The molecule has 4 heteroatoms. The third kappa shape index (κ3) is 2.42. The average molecular weight is 246 g/mol. The molecule has 0 saturated carbocycles. The van der Waals surface area contributed by atoms with Crippen LogP contribution in [0.1, 0.15) is 27.0 Å². The van der Waals surface area contributed by atoms with Crippen LogP contribution < -0.4 is 0 Å². The van der Waals surface area contributed by atoms with Crippen LogP contribution in [0.3, 0.4) is 0 Å². The molecule has 86 valence electrons. The summed E-state index contributed by atoms with van der Waals surface area (Å²) < 4.78 is 0. The summed E-state index contributed by atoms with van der Waals surface area (Å²) >= 11 is 1.41. The molecule has 0 aliphatic heterocycles. The van der Waals surface area contributed by atoms with E-state index in [2.05, 4.69) is 0 Å². The minimum absolute atomic E-state index is 0.0448. The van der Waals surface area contributed by atoms with Gasteiger partial charge in [-0.1, -0.05) is 12.1 Å². The molecule has 2 rings (SSSR count). The van der Waals surface area contributed by atoms with Gasteiger partial charge in [0.05, 0.1) is 10.4 Å². The molecule has 2 aromatic rings. The first-order valence-electron chi connectivity index (χ1n) is 5.02. The summed E-state index contributed by atoms with van der Waals surface area (Å²) in [5.74, 6) is -0.893. The average Bonchev–Trinajstić information content (AvgIpc) is 2.78. The molecular formula is C13H10O3S. The first-order valence-corrected chi connectivity index (χ1v) is 5.84. The Hall–Kier alpha value is -1.94. The third-order valence-electron chi connectivity index (χ3n) is 2.37. The van der Waals surface area contributed by atoms with Crippen molar-refractivity contribution in [2.24, 2.45) is 0 Å². The Bertz CT molecular complexity index is 567. The van der Waals surface area contributed by atoms with Gasteiger partial charge in [-0.05, 0) is 36.8 Å². The molecule has 1 N–H and O–H groups in total. The summed E-state index contributed by atoms with van der Waals surface area (Å²) in [6.45, 7) is 1.53. The minimum Gasteiger partial charge on any atom is -0.478 e. The number of carbonyl (C=O) groups excluding carboxylic acids is 1. The van der Waals surface area contributed by atoms with Crippen molar-refractivity contribution < 1.29 is 14.7 Å². The summed E-state index contributed by atoms with van der Waals surface area (Å²) in [5.41, 5.74) is 1.18. The summed E-state index contributed by atoms with van der Waals surface area (Å²) in [6, 6.07) is 10.3. The Morgan fingerprint density at radius 2 is 1.71 bits per heavy atom. The Morgan fingerprint density at radius 3 is 2.18 bits per heavy atom. The maximum atomic E-state index is 11.2. The number of Topliss-reactive ketones (excluding diaryl/α,β-unsaturated/α-hetero) is 1. The van der Waals surface area contributed by atoms with Crippen LogP contribution >= 0.6 is 11.3 Å². The minimum atomic E-state index is -0.938. The highest BCUT2D eigenvalue weighted by Gasteiger charge is 2.07. The zero-order valence-electron chi connectivity index (χ0n) is 9.14. The lowest BCUT2D eigenvalue weighted by atomic mass is 10.1. The lowest BCUT2D eigenvalue weighted by molar-refractivity contribution is 0.0696. The highest BCUT2D eigenvalue weighted by Crippen LogP contribution is 2.28. The van der Waals surface area contributed by atoms with Crippen LogP contribution in [0.2, 0.25) is 0 Å². The van der Waals surface area contributed by atoms with Crippen LogP contribution in [0, 0.1) is 0 Å². The van der Waals surface area contributed by atoms with Crippen molar-refractivity contribution in [2.75, 3.05) is 0 Å². The molecule has 3 nitrogen and oxygen atoms in total. The van der Waals surface area contributed by atoms with Gasteiger partial charge in [0.1, 0.15) is 0 Å². The first-order chi connectivity index (χ1) is 8.08. The highest BCUT2D eigenvalue weighted by atomic mass is 32.1. The molecule has 0 amide bonds. The summed E-state index contributed by atoms with van der Waals surface area (Å²) in [7, 11) is 0. The number of benzene rings is 1. The molecule has 1 heterocycles. The van der Waals surface area contributed by atoms with E-state index in [4.69, 9.17) is 5.11 Å². The molecule has 0 atom stereocenters. The van der Waals surface area contributed by atoms with Gasteiger partial charge in [0.2, 0.25) is 0 Å². The van der Waals surface area contributed by atoms with E-state index in [9.17, 15) is 9.59 Å². The molecule has 1 aromatic heterocycles. The van der Waals surface area contributed by atoms with E-state index in [1.807, 2.05) is 6.07 Å². The Morgan fingerprint density at radius 1 is 1.06 bits per heavy atom. The Kier molecular flexibility index (Phi) is 3.06. The zero-order valence-corrected chi connectivity index (χ0v) is 9.95. The summed E-state index contributed by atoms with van der Waals surface area (Å²) in [5, 5.41) is 8.78. The van der Waals surface area contributed by atoms with Crippen molar-refractivity contribution in [3.63, 3.8) is 0 Å². The van der Waals surface area contributed by atoms with Crippen LogP contribution in [0.4, 0.5) is 0 Å². The number of thiophene rings is 1. The maximum absolute atomic E-state index is 11.2. The van der Waals surface area contributed by atoms with Crippen molar-refractivity contribution in [1.82, 2.24) is 0 Å². The molecule has 0 fully saturated rings. The van der Waals surface area contributed by atoms with Gasteiger partial charge in [0, 0.05) is 4.88 Å². The van der Waals surface area contributed by atoms with Gasteiger partial charge in [0.15, 0.2) is 5.78 Å². The van der Waals surface area contributed by atoms with Crippen molar-refractivity contribution in [3.05, 3.63) is 46.8 Å². The fraction of sp³-hybridized carbons (Fsp3) is 0.0769. The van der Waals surface area contributed by atoms with E-state index in [1.54, 1.807) is 30.3 Å². The summed E-state index contributed by atoms with van der Waals surface area (Å²) in [6.07, 6.45) is 0. The lowest BCUT2D eigenvalue weighted by Gasteiger charge is -1.98. The smallest absolute Gasteiger partial charge is 0.335 e. The SMILES string of the molecule is CC(=O)c1ccc(-c2ccc(C(=O)O)cc2)s1. The van der Waals surface area contributed by atoms with Gasteiger partial charge in [-0.15, -0.1) is 11.3 Å². The fourth-order valence-corrected chi connectivity index (χ4v) is 2.37. The number of hydrogen-bond donors (Lipinski definition) is 1. The largest absolute Gasteiger partial charge is 0.478 e. The second-order valence-corrected chi connectivity index (χ2v) is 4.69. The van der Waals surface area contributed by atoms with E-state index >= 15 is 0 Å². The van der Waals surface area contributed by atoms with E-state index in [0.717, 1.165) is 10.4 Å². The van der Waals surface area contributed by atoms with Gasteiger partial charge in [0.25, 0.3) is 0 Å². The fourth-order valence-electron chi connectivity index (χ4n) is 1.46. The van der Waals surface area contributed by atoms with Crippen molar-refractivity contribution in [3.8, 4) is 10.4 Å². The topological polar surface area (TPSA) is 54.4 Å². The number of carbonyl (C=O) groups is 2. The molecule has 0 bridgehead atoms. The molecule has 0 unspecified atom stereocenters. The number of carboxylic acids is 1. The van der Waals surface area contributed by atoms with Crippen LogP contribution in [0.15, 0.2) is 36.4 Å². The number of aromatic carboxylic acids is 1. The molecular weight excluding hydrogens is 236 g/mol. The van der Waals surface area contributed by atoms with Gasteiger partial charge >= 0.3 is 5.97 Å². The normalized spacial score (nSPS) is 10.2. The second-order valence-electron chi connectivity index (χ2n) is 3.60. The monoisotopic (exact) mass is 246 g/mol. The Labute approximate surface area is 102 Å². The van der Waals surface area contributed by atoms with Crippen molar-refractivity contribution in [1.29, 1.82) is 0 Å². The molecule has 0 saturated heterocycles. The number of rotatable bonds is 3. The quantitative estimate of drug-likeness (QED) is 0.845. The predicted molar refractivity (Wildman–Crippen MR) is 66.7 cm³/mol. The van der Waals surface area contributed by atoms with Gasteiger partial charge < -0.3 is 5.11 Å². The first kappa shape index (κ1) is 11.5. The van der Waals surface area contributed by atoms with Crippen LogP contribution in [-0.4, -0.2) is 16.9 Å². The molecule has 0 radical (unpaired) electrons. The Balaban J connectivity index is 2.33. The van der Waals surface area contributed by atoms with Crippen LogP contribution in [-0.2, 0) is 0 Å². The molecule has 0 aliphatic carbocycles. The highest BCUT2D eigenvalue weighted by molar-refractivity contribution is 7.17. The standard InChI is InChI=1S/C13H10O3S/c1-8(14)11-6-7-12(17-11)9-2-4-10(5-3-9)13(15)16/h2-7H,1H3,(H,15,16). The van der Waals surface area contributed by atoms with Crippen molar-refractivity contribution in [2.45, 2.75) is 6.92 Å². The lowest BCUT2D eigenvalue weighted by Crippen LogP contribution is -1.94. The molecule has 1 aromatic carbocycles. The predicted octanol–water partition coefficient (Wildman–Crippen LogP) is 3.32. The van der Waals surface area contributed by atoms with E-state index in [0.29, 0.717) is 4.88 Å². The molecule has 0 spiro atoms. The number of ketones is 1. The van der Waals surface area contributed by atoms with Crippen molar-refractivity contribution >= 4 is 23.1 Å². The number of carboxylic acid groups (broad SMARTS) is 1. The van der Waals surface area contributed by atoms with Gasteiger partial charge in [-0.25, -0.2) is 4.79 Å². The molecule has 0 aliphatic rings. The third-order valence-corrected chi connectivity index (χ3v) is 3.60.